The van der Waals surface area contributed by atoms with Gasteiger partial charge in [0, 0.05) is 5.57 Å². The molecule has 0 spiro atoms. The molecule has 1 heterocycles. The number of amides is 1. The van der Waals surface area contributed by atoms with Crippen molar-refractivity contribution >= 4 is 11.6 Å². The Morgan fingerprint density at radius 2 is 2.07 bits per heavy atom. The largest absolute Gasteiger partial charge is 0.497 e. The summed E-state index contributed by atoms with van der Waals surface area (Å²) in [7, 11) is 1.62. The highest BCUT2D eigenvalue weighted by Crippen LogP contribution is 2.20. The van der Waals surface area contributed by atoms with Crippen LogP contribution in [0.2, 0.25) is 0 Å². The first-order valence-corrected chi connectivity index (χ1v) is 4.61. The second-order valence-corrected chi connectivity index (χ2v) is 3.33. The molecular weight excluding hydrogens is 192 g/mol. The molecule has 4 heteroatoms. The van der Waals surface area contributed by atoms with E-state index in [0.29, 0.717) is 12.1 Å². The Morgan fingerprint density at radius 1 is 1.40 bits per heavy atom. The third-order valence-corrected chi connectivity index (χ3v) is 2.29. The quantitative estimate of drug-likeness (QED) is 0.733. The Labute approximate surface area is 88.1 Å². The molecule has 0 aromatic heterocycles. The summed E-state index contributed by atoms with van der Waals surface area (Å²) in [4.78, 5) is 11.2. The number of hydrogen-bond acceptors (Lipinski definition) is 3. The Morgan fingerprint density at radius 3 is 2.53 bits per heavy atom. The molecule has 0 unspecified atom stereocenters. The maximum absolute atomic E-state index is 11.2. The Balaban J connectivity index is 2.17. The summed E-state index contributed by atoms with van der Waals surface area (Å²) in [6, 6.07) is 7.47. The van der Waals surface area contributed by atoms with E-state index in [1.54, 1.807) is 12.1 Å². The average Bonchev–Trinajstić information content (AvgIpc) is 2.59. The van der Waals surface area contributed by atoms with Gasteiger partial charge in [-0.1, -0.05) is 6.58 Å². The standard InChI is InChI=1S/C11H12N2O2/c1-8-7-13(12-11(8)14)9-3-5-10(15-2)6-4-9/h3-6H,1,7H2,2H3,(H,12,14). The minimum atomic E-state index is -0.120. The van der Waals surface area contributed by atoms with Gasteiger partial charge in [0.05, 0.1) is 19.3 Å². The third kappa shape index (κ3) is 1.79. The number of benzene rings is 1. The van der Waals surface area contributed by atoms with Gasteiger partial charge in [0.15, 0.2) is 0 Å². The number of methoxy groups -OCH3 is 1. The average molecular weight is 204 g/mol. The van der Waals surface area contributed by atoms with E-state index in [0.717, 1.165) is 11.4 Å². The second kappa shape index (κ2) is 3.65. The fourth-order valence-corrected chi connectivity index (χ4v) is 1.42. The number of anilines is 1. The maximum Gasteiger partial charge on any atom is 0.267 e. The van der Waals surface area contributed by atoms with E-state index in [9.17, 15) is 4.79 Å². The molecular formula is C11H12N2O2. The van der Waals surface area contributed by atoms with E-state index >= 15 is 0 Å². The Kier molecular flexibility index (Phi) is 2.33. The number of carbonyl (C=O) groups excluding carboxylic acids is 1. The molecule has 0 saturated carbocycles. The molecule has 1 amide bonds. The fraction of sp³-hybridized carbons (Fsp3) is 0.182. The van der Waals surface area contributed by atoms with Gasteiger partial charge in [-0.25, -0.2) is 0 Å². The fourth-order valence-electron chi connectivity index (χ4n) is 1.42. The molecule has 0 aliphatic carbocycles. The van der Waals surface area contributed by atoms with Gasteiger partial charge in [-0.15, -0.1) is 0 Å². The molecule has 1 aliphatic rings. The lowest BCUT2D eigenvalue weighted by Crippen LogP contribution is -2.32. The lowest BCUT2D eigenvalue weighted by atomic mass is 10.3. The first-order chi connectivity index (χ1) is 7.20. The lowest BCUT2D eigenvalue weighted by molar-refractivity contribution is -0.116. The van der Waals surface area contributed by atoms with E-state index < -0.39 is 0 Å². The molecule has 1 aliphatic heterocycles. The predicted molar refractivity (Wildman–Crippen MR) is 57.6 cm³/mol. The van der Waals surface area contributed by atoms with Gasteiger partial charge in [0.25, 0.3) is 5.91 Å². The van der Waals surface area contributed by atoms with Crippen LogP contribution in [0.5, 0.6) is 5.75 Å². The topological polar surface area (TPSA) is 41.6 Å². The normalized spacial score (nSPS) is 15.4. The van der Waals surface area contributed by atoms with E-state index in [4.69, 9.17) is 4.74 Å². The van der Waals surface area contributed by atoms with Crippen molar-refractivity contribution in [1.82, 2.24) is 5.43 Å². The van der Waals surface area contributed by atoms with Crippen LogP contribution in [0.4, 0.5) is 5.69 Å². The van der Waals surface area contributed by atoms with Crippen LogP contribution >= 0.6 is 0 Å². The smallest absolute Gasteiger partial charge is 0.267 e. The SMILES string of the molecule is C=C1CN(c2ccc(OC)cc2)NC1=O. The van der Waals surface area contributed by atoms with Gasteiger partial charge in [-0.05, 0) is 24.3 Å². The molecule has 2 rings (SSSR count). The Bertz CT molecular complexity index is 382. The van der Waals surface area contributed by atoms with E-state index in [2.05, 4.69) is 12.0 Å². The Hall–Kier alpha value is -1.97. The van der Waals surface area contributed by atoms with Gasteiger partial charge >= 0.3 is 0 Å². The highest BCUT2D eigenvalue weighted by atomic mass is 16.5. The van der Waals surface area contributed by atoms with Crippen LogP contribution in [0.25, 0.3) is 0 Å². The van der Waals surface area contributed by atoms with Crippen LogP contribution < -0.4 is 15.2 Å². The number of rotatable bonds is 2. The maximum atomic E-state index is 11.2. The second-order valence-electron chi connectivity index (χ2n) is 3.33. The first kappa shape index (κ1) is 9.58. The van der Waals surface area contributed by atoms with Crippen LogP contribution in [0.3, 0.4) is 0 Å². The lowest BCUT2D eigenvalue weighted by Gasteiger charge is -2.16. The molecule has 0 radical (unpaired) electrons. The van der Waals surface area contributed by atoms with Crippen LogP contribution in [0.15, 0.2) is 36.4 Å². The van der Waals surface area contributed by atoms with Crippen molar-refractivity contribution in [3.8, 4) is 5.75 Å². The van der Waals surface area contributed by atoms with E-state index in [1.165, 1.54) is 0 Å². The summed E-state index contributed by atoms with van der Waals surface area (Å²) < 4.78 is 5.05. The minimum Gasteiger partial charge on any atom is -0.497 e. The summed E-state index contributed by atoms with van der Waals surface area (Å²) in [5, 5.41) is 1.75. The molecule has 1 aromatic rings. The third-order valence-electron chi connectivity index (χ3n) is 2.29. The molecule has 1 N–H and O–H groups in total. The predicted octanol–water partition coefficient (Wildman–Crippen LogP) is 1.10. The van der Waals surface area contributed by atoms with Crippen LogP contribution in [-0.4, -0.2) is 19.6 Å². The van der Waals surface area contributed by atoms with Crippen LogP contribution in [-0.2, 0) is 4.79 Å². The number of hydrogen-bond donors (Lipinski definition) is 1. The van der Waals surface area contributed by atoms with Crippen molar-refractivity contribution in [3.63, 3.8) is 0 Å². The van der Waals surface area contributed by atoms with Gasteiger partial charge in [0.1, 0.15) is 5.75 Å². The number of nitrogens with one attached hydrogen (secondary N) is 1. The number of hydrazine groups is 1. The summed E-state index contributed by atoms with van der Waals surface area (Å²) in [5.74, 6) is 0.675. The molecule has 1 saturated heterocycles. The van der Waals surface area contributed by atoms with E-state index in [1.807, 2.05) is 24.3 Å². The number of carbonyl (C=O) groups is 1. The van der Waals surface area contributed by atoms with Crippen molar-refractivity contribution in [2.45, 2.75) is 0 Å². The van der Waals surface area contributed by atoms with Crippen molar-refractivity contribution in [3.05, 3.63) is 36.4 Å². The summed E-state index contributed by atoms with van der Waals surface area (Å²) in [6.45, 7) is 4.19. The van der Waals surface area contributed by atoms with Crippen molar-refractivity contribution in [1.29, 1.82) is 0 Å². The summed E-state index contributed by atoms with van der Waals surface area (Å²) in [5.41, 5.74) is 4.21. The number of ether oxygens (including phenoxy) is 1. The molecule has 15 heavy (non-hydrogen) atoms. The molecule has 4 nitrogen and oxygen atoms in total. The summed E-state index contributed by atoms with van der Waals surface area (Å²) in [6.07, 6.45) is 0. The van der Waals surface area contributed by atoms with Crippen molar-refractivity contribution in [2.24, 2.45) is 0 Å². The monoisotopic (exact) mass is 204 g/mol. The summed E-state index contributed by atoms with van der Waals surface area (Å²) >= 11 is 0. The van der Waals surface area contributed by atoms with Gasteiger partial charge in [0.2, 0.25) is 0 Å². The van der Waals surface area contributed by atoms with Crippen LogP contribution in [0.1, 0.15) is 0 Å². The molecule has 1 aromatic carbocycles. The molecule has 0 atom stereocenters. The van der Waals surface area contributed by atoms with Gasteiger partial charge < -0.3 is 4.74 Å². The zero-order valence-electron chi connectivity index (χ0n) is 8.49. The molecule has 1 fully saturated rings. The zero-order chi connectivity index (χ0) is 10.8. The molecule has 0 bridgehead atoms. The van der Waals surface area contributed by atoms with Gasteiger partial charge in [-0.2, -0.15) is 0 Å². The minimum absolute atomic E-state index is 0.120. The van der Waals surface area contributed by atoms with Crippen LogP contribution in [0, 0.1) is 0 Å². The van der Waals surface area contributed by atoms with Gasteiger partial charge in [-0.3, -0.25) is 15.2 Å². The molecule has 78 valence electrons. The van der Waals surface area contributed by atoms with E-state index in [-0.39, 0.29) is 5.91 Å². The number of nitrogens with zero attached hydrogens (tertiary/aromatic N) is 1. The highest BCUT2D eigenvalue weighted by Gasteiger charge is 2.22. The van der Waals surface area contributed by atoms with Crippen molar-refractivity contribution in [2.75, 3.05) is 18.7 Å². The highest BCUT2D eigenvalue weighted by molar-refractivity contribution is 5.97. The first-order valence-electron chi connectivity index (χ1n) is 4.61. The van der Waals surface area contributed by atoms with Crippen molar-refractivity contribution < 1.29 is 9.53 Å². The zero-order valence-corrected chi connectivity index (χ0v) is 8.49.